The molecule has 3 N–H and O–H groups in total. The van der Waals surface area contributed by atoms with Crippen LogP contribution in [0, 0.1) is 17.3 Å². The van der Waals surface area contributed by atoms with Gasteiger partial charge in [0.05, 0.1) is 23.9 Å². The predicted octanol–water partition coefficient (Wildman–Crippen LogP) is 5.86. The van der Waals surface area contributed by atoms with Gasteiger partial charge in [0.15, 0.2) is 0 Å². The van der Waals surface area contributed by atoms with Crippen LogP contribution in [0.5, 0.6) is 0 Å². The molecule has 4 nitrogen and oxygen atoms in total. The average Bonchev–Trinajstić information content (AvgIpc) is 3.15. The molecular formula is C29H48O4. The number of rotatable bonds is 9. The smallest absolute Gasteiger partial charge is 0.0811 e. The van der Waals surface area contributed by atoms with Crippen LogP contribution in [-0.2, 0) is 4.74 Å². The fourth-order valence-corrected chi connectivity index (χ4v) is 6.91. The number of ether oxygens (including phenoxy) is 1. The van der Waals surface area contributed by atoms with Gasteiger partial charge >= 0.3 is 0 Å². The fourth-order valence-electron chi connectivity index (χ4n) is 6.91. The maximum absolute atomic E-state index is 10.5. The predicted molar refractivity (Wildman–Crippen MR) is 135 cm³/mol. The Balaban J connectivity index is 1.62. The van der Waals surface area contributed by atoms with E-state index in [4.69, 9.17) is 4.74 Å². The van der Waals surface area contributed by atoms with Crippen LogP contribution in [0.15, 0.2) is 35.5 Å². The van der Waals surface area contributed by atoms with Gasteiger partial charge in [-0.1, -0.05) is 45.1 Å². The molecule has 3 aliphatic carbocycles. The molecule has 0 unspecified atom stereocenters. The van der Waals surface area contributed by atoms with E-state index in [1.807, 2.05) is 0 Å². The molecule has 0 aliphatic heterocycles. The lowest BCUT2D eigenvalue weighted by Crippen LogP contribution is -2.39. The lowest BCUT2D eigenvalue weighted by atomic mass is 9.62. The number of hydrogen-bond acceptors (Lipinski definition) is 4. The van der Waals surface area contributed by atoms with Crippen LogP contribution in [0.1, 0.15) is 98.3 Å². The Hall–Kier alpha value is -0.940. The maximum Gasteiger partial charge on any atom is 0.0811 e. The zero-order chi connectivity index (χ0) is 24.2. The molecule has 6 atom stereocenters. The largest absolute Gasteiger partial charge is 0.393 e. The summed E-state index contributed by atoms with van der Waals surface area (Å²) in [5.74, 6) is 1.14. The molecule has 0 spiro atoms. The van der Waals surface area contributed by atoms with E-state index in [0.717, 1.165) is 49.9 Å². The summed E-state index contributed by atoms with van der Waals surface area (Å²) in [5.41, 5.74) is 3.00. The molecular weight excluding hydrogens is 412 g/mol. The first-order chi connectivity index (χ1) is 15.6. The summed E-state index contributed by atoms with van der Waals surface area (Å²) in [6.45, 7) is 13.6. The molecule has 0 aromatic rings. The van der Waals surface area contributed by atoms with Crippen molar-refractivity contribution in [2.75, 3.05) is 6.61 Å². The Kier molecular flexibility index (Phi) is 9.05. The van der Waals surface area contributed by atoms with Crippen molar-refractivity contribution in [2.24, 2.45) is 17.3 Å². The molecule has 0 aromatic carbocycles. The third-order valence-electron chi connectivity index (χ3n) is 9.35. The molecule has 188 valence electrons. The van der Waals surface area contributed by atoms with Gasteiger partial charge in [-0.25, -0.2) is 0 Å². The van der Waals surface area contributed by atoms with Gasteiger partial charge in [0.2, 0.25) is 0 Å². The molecule has 3 saturated carbocycles. The first-order valence-electron chi connectivity index (χ1n) is 13.4. The highest BCUT2D eigenvalue weighted by Gasteiger charge is 2.51. The van der Waals surface area contributed by atoms with Crippen molar-refractivity contribution >= 4 is 0 Å². The zero-order valence-corrected chi connectivity index (χ0v) is 21.5. The molecule has 0 radical (unpaired) electrons. The van der Waals surface area contributed by atoms with Crippen molar-refractivity contribution < 1.29 is 20.1 Å². The number of hydrogen-bond donors (Lipinski definition) is 3. The molecule has 3 rings (SSSR count). The van der Waals surface area contributed by atoms with Crippen molar-refractivity contribution in [3.05, 3.63) is 35.5 Å². The quantitative estimate of drug-likeness (QED) is 0.377. The normalized spacial score (nSPS) is 36.4. The third-order valence-corrected chi connectivity index (χ3v) is 9.35. The topological polar surface area (TPSA) is 69.9 Å². The van der Waals surface area contributed by atoms with Gasteiger partial charge in [0.25, 0.3) is 0 Å². The molecule has 0 aromatic heterocycles. The summed E-state index contributed by atoms with van der Waals surface area (Å²) in [6, 6.07) is 0. The number of allylic oxidation sites excluding steroid dienone is 3. The van der Waals surface area contributed by atoms with Crippen molar-refractivity contribution in [1.82, 2.24) is 0 Å². The molecule has 0 heterocycles. The minimum absolute atomic E-state index is 0.234. The van der Waals surface area contributed by atoms with Gasteiger partial charge in [-0.15, -0.1) is 0 Å². The molecule has 3 fully saturated rings. The SMILES string of the molecule is C=C1/C(=C/C=C2/CCC[C@]3(C)[C@@H]([C@H](C)OCCCC(O)(CC)CC)CC[C@@H]23)C[C@@H](O)C[C@@H]1O. The van der Waals surface area contributed by atoms with Gasteiger partial charge in [-0.2, -0.15) is 0 Å². The Bertz CT molecular complexity index is 734. The molecule has 0 bridgehead atoms. The first kappa shape index (κ1) is 26.7. The van der Waals surface area contributed by atoms with Gasteiger partial charge in [-0.3, -0.25) is 0 Å². The fraction of sp³-hybridized carbons (Fsp3) is 0.793. The van der Waals surface area contributed by atoms with Crippen molar-refractivity contribution in [1.29, 1.82) is 0 Å². The van der Waals surface area contributed by atoms with Crippen LogP contribution in [0.2, 0.25) is 0 Å². The molecule has 4 heteroatoms. The molecule has 0 amide bonds. The lowest BCUT2D eigenvalue weighted by Gasteiger charge is -2.44. The Morgan fingerprint density at radius 1 is 1.21 bits per heavy atom. The van der Waals surface area contributed by atoms with Crippen LogP contribution in [0.25, 0.3) is 0 Å². The van der Waals surface area contributed by atoms with E-state index in [1.165, 1.54) is 31.3 Å². The summed E-state index contributed by atoms with van der Waals surface area (Å²) in [7, 11) is 0. The van der Waals surface area contributed by atoms with E-state index in [2.05, 4.69) is 46.4 Å². The monoisotopic (exact) mass is 460 g/mol. The second-order valence-corrected chi connectivity index (χ2v) is 11.3. The number of aliphatic hydroxyl groups is 3. The Labute approximate surface area is 201 Å². The lowest BCUT2D eigenvalue weighted by molar-refractivity contribution is -0.0365. The third kappa shape index (κ3) is 6.01. The van der Waals surface area contributed by atoms with Crippen LogP contribution < -0.4 is 0 Å². The first-order valence-corrected chi connectivity index (χ1v) is 13.4. The van der Waals surface area contributed by atoms with E-state index >= 15 is 0 Å². The van der Waals surface area contributed by atoms with E-state index in [9.17, 15) is 15.3 Å². The second kappa shape index (κ2) is 11.2. The summed E-state index contributed by atoms with van der Waals surface area (Å²) in [4.78, 5) is 0. The molecule has 33 heavy (non-hydrogen) atoms. The van der Waals surface area contributed by atoms with Crippen LogP contribution >= 0.6 is 0 Å². The number of aliphatic hydroxyl groups excluding tert-OH is 2. The standard InChI is InChI=1S/C29H48O4/c1-6-29(32,7-2)16-9-17-33-21(4)25-13-14-26-22(10-8-15-28(25,26)5)11-12-23-18-24(30)19-27(31)20(23)3/h11-12,21,24-27,30-32H,3,6-10,13-19H2,1-2,4-5H3/b22-11-,23-12+/t21-,24+,25+,26-,27-,28+/m0/s1. The summed E-state index contributed by atoms with van der Waals surface area (Å²) < 4.78 is 6.34. The van der Waals surface area contributed by atoms with Crippen LogP contribution in [-0.4, -0.2) is 45.8 Å². The van der Waals surface area contributed by atoms with Crippen molar-refractivity contribution in [3.8, 4) is 0 Å². The highest BCUT2D eigenvalue weighted by molar-refractivity contribution is 5.38. The minimum Gasteiger partial charge on any atom is -0.393 e. The highest BCUT2D eigenvalue weighted by Crippen LogP contribution is 2.58. The number of fused-ring (bicyclic) bond motifs is 1. The van der Waals surface area contributed by atoms with Gasteiger partial charge < -0.3 is 20.1 Å². The average molecular weight is 461 g/mol. The minimum atomic E-state index is -0.630. The zero-order valence-electron chi connectivity index (χ0n) is 21.5. The second-order valence-electron chi connectivity index (χ2n) is 11.3. The van der Waals surface area contributed by atoms with Gasteiger partial charge in [0.1, 0.15) is 0 Å². The molecule has 0 saturated heterocycles. The van der Waals surface area contributed by atoms with Crippen LogP contribution in [0.4, 0.5) is 0 Å². The Morgan fingerprint density at radius 3 is 2.64 bits per heavy atom. The highest BCUT2D eigenvalue weighted by atomic mass is 16.5. The van der Waals surface area contributed by atoms with E-state index in [1.54, 1.807) is 0 Å². The molecule has 3 aliphatic rings. The summed E-state index contributed by atoms with van der Waals surface area (Å²) >= 11 is 0. The van der Waals surface area contributed by atoms with Gasteiger partial charge in [-0.05, 0) is 99.5 Å². The van der Waals surface area contributed by atoms with E-state index in [-0.39, 0.29) is 11.5 Å². The van der Waals surface area contributed by atoms with Crippen LogP contribution in [0.3, 0.4) is 0 Å². The maximum atomic E-state index is 10.5. The summed E-state index contributed by atoms with van der Waals surface area (Å²) in [5, 5.41) is 30.7. The van der Waals surface area contributed by atoms with Crippen molar-refractivity contribution in [2.45, 2.75) is 122 Å². The summed E-state index contributed by atoms with van der Waals surface area (Å²) in [6.07, 6.45) is 13.8. The Morgan fingerprint density at radius 2 is 1.94 bits per heavy atom. The van der Waals surface area contributed by atoms with Gasteiger partial charge in [0, 0.05) is 13.0 Å². The van der Waals surface area contributed by atoms with E-state index in [0.29, 0.717) is 24.7 Å². The van der Waals surface area contributed by atoms with E-state index < -0.39 is 17.8 Å². The van der Waals surface area contributed by atoms with Crippen molar-refractivity contribution in [3.63, 3.8) is 0 Å².